The first-order valence-corrected chi connectivity index (χ1v) is 6.49. The van der Waals surface area contributed by atoms with Gasteiger partial charge in [-0.3, -0.25) is 10.3 Å². The summed E-state index contributed by atoms with van der Waals surface area (Å²) in [5.74, 6) is 0.732. The normalized spacial score (nSPS) is 15.9. The summed E-state index contributed by atoms with van der Waals surface area (Å²) in [5, 5.41) is 13.4. The van der Waals surface area contributed by atoms with E-state index < -0.39 is 0 Å². The van der Waals surface area contributed by atoms with E-state index in [4.69, 9.17) is 10.00 Å². The molecule has 0 aliphatic heterocycles. The molecule has 2 aromatic rings. The van der Waals surface area contributed by atoms with Crippen molar-refractivity contribution in [3.05, 3.63) is 36.5 Å². The molecule has 0 saturated heterocycles. The molecule has 1 atom stereocenters. The van der Waals surface area contributed by atoms with Crippen molar-refractivity contribution < 1.29 is 4.74 Å². The number of nitrogens with zero attached hydrogens (tertiary/aromatic N) is 2. The maximum absolute atomic E-state index is 9.09. The average molecular weight is 253 g/mol. The van der Waals surface area contributed by atoms with Crippen LogP contribution in [0.1, 0.15) is 12.8 Å². The third-order valence-electron chi connectivity index (χ3n) is 3.17. The largest absolute Gasteiger partial charge is 0.489 e. The summed E-state index contributed by atoms with van der Waals surface area (Å²) < 4.78 is 5.75. The molecule has 1 aliphatic carbocycles. The lowest BCUT2D eigenvalue weighted by Crippen LogP contribution is -2.34. The minimum absolute atomic E-state index is 0.258. The molecule has 1 heterocycles. The lowest BCUT2D eigenvalue weighted by Gasteiger charge is -2.13. The van der Waals surface area contributed by atoms with Crippen molar-refractivity contribution in [1.29, 1.82) is 5.26 Å². The number of rotatable bonds is 5. The molecule has 1 unspecified atom stereocenters. The lowest BCUT2D eigenvalue weighted by atomic mass is 10.2. The summed E-state index contributed by atoms with van der Waals surface area (Å²) in [6.07, 6.45) is 4.07. The molecule has 1 fully saturated rings. The predicted molar refractivity (Wildman–Crippen MR) is 72.8 cm³/mol. The van der Waals surface area contributed by atoms with Crippen LogP contribution >= 0.6 is 0 Å². The standard InChI is InChI=1S/C15H15N3O/c16-9-13(18-12-6-7-12)10-19-14-5-1-3-11-4-2-8-17-15(11)14/h1-5,8,12-13,18H,6-7,10H2. The maximum Gasteiger partial charge on any atom is 0.145 e. The molecule has 4 heteroatoms. The zero-order valence-electron chi connectivity index (χ0n) is 10.5. The van der Waals surface area contributed by atoms with Crippen LogP contribution in [0.25, 0.3) is 10.9 Å². The fraction of sp³-hybridized carbons (Fsp3) is 0.333. The molecule has 1 N–H and O–H groups in total. The van der Waals surface area contributed by atoms with Gasteiger partial charge in [0.15, 0.2) is 0 Å². The van der Waals surface area contributed by atoms with E-state index >= 15 is 0 Å². The Hall–Kier alpha value is -2.12. The maximum atomic E-state index is 9.09. The van der Waals surface area contributed by atoms with Crippen LogP contribution in [0.4, 0.5) is 0 Å². The van der Waals surface area contributed by atoms with Gasteiger partial charge in [0.05, 0.1) is 6.07 Å². The highest BCUT2D eigenvalue weighted by Crippen LogP contribution is 2.23. The molecule has 1 saturated carbocycles. The van der Waals surface area contributed by atoms with E-state index in [2.05, 4.69) is 16.4 Å². The Morgan fingerprint density at radius 2 is 2.21 bits per heavy atom. The first-order chi connectivity index (χ1) is 9.36. The predicted octanol–water partition coefficient (Wildman–Crippen LogP) is 2.26. The number of nitriles is 1. The van der Waals surface area contributed by atoms with Crippen molar-refractivity contribution in [3.8, 4) is 11.8 Å². The lowest BCUT2D eigenvalue weighted by molar-refractivity contribution is 0.291. The molecular weight excluding hydrogens is 238 g/mol. The number of nitrogens with one attached hydrogen (secondary N) is 1. The number of fused-ring (bicyclic) bond motifs is 1. The van der Waals surface area contributed by atoms with Crippen molar-refractivity contribution >= 4 is 10.9 Å². The van der Waals surface area contributed by atoms with Crippen LogP contribution in [-0.4, -0.2) is 23.7 Å². The van der Waals surface area contributed by atoms with Crippen LogP contribution in [0.3, 0.4) is 0 Å². The zero-order chi connectivity index (χ0) is 13.1. The Kier molecular flexibility index (Phi) is 3.30. The van der Waals surface area contributed by atoms with Crippen molar-refractivity contribution in [2.45, 2.75) is 24.9 Å². The summed E-state index contributed by atoms with van der Waals surface area (Å²) >= 11 is 0. The number of hydrogen-bond acceptors (Lipinski definition) is 4. The molecule has 1 aliphatic rings. The highest BCUT2D eigenvalue weighted by molar-refractivity contribution is 5.84. The van der Waals surface area contributed by atoms with E-state index in [0.717, 1.165) is 29.5 Å². The van der Waals surface area contributed by atoms with Crippen molar-refractivity contribution in [1.82, 2.24) is 10.3 Å². The average Bonchev–Trinajstić information content (AvgIpc) is 3.27. The van der Waals surface area contributed by atoms with Crippen LogP contribution in [0.5, 0.6) is 5.75 Å². The van der Waals surface area contributed by atoms with Gasteiger partial charge in [-0.1, -0.05) is 18.2 Å². The first kappa shape index (κ1) is 11.9. The van der Waals surface area contributed by atoms with Gasteiger partial charge in [-0.05, 0) is 25.0 Å². The minimum atomic E-state index is -0.258. The smallest absolute Gasteiger partial charge is 0.145 e. The fourth-order valence-corrected chi connectivity index (χ4v) is 2.02. The van der Waals surface area contributed by atoms with Gasteiger partial charge >= 0.3 is 0 Å². The Balaban J connectivity index is 1.72. The summed E-state index contributed by atoms with van der Waals surface area (Å²) in [4.78, 5) is 4.33. The molecule has 0 spiro atoms. The van der Waals surface area contributed by atoms with Gasteiger partial charge in [-0.2, -0.15) is 5.26 Å². The Labute approximate surface area is 112 Å². The van der Waals surface area contributed by atoms with Gasteiger partial charge in [0.25, 0.3) is 0 Å². The Morgan fingerprint density at radius 3 is 3.00 bits per heavy atom. The molecule has 1 aromatic heterocycles. The van der Waals surface area contributed by atoms with E-state index in [1.54, 1.807) is 6.20 Å². The summed E-state index contributed by atoms with van der Waals surface area (Å²) in [7, 11) is 0. The van der Waals surface area contributed by atoms with E-state index in [1.807, 2.05) is 30.3 Å². The quantitative estimate of drug-likeness (QED) is 0.888. The zero-order valence-corrected chi connectivity index (χ0v) is 10.5. The number of hydrogen-bond donors (Lipinski definition) is 1. The topological polar surface area (TPSA) is 57.9 Å². The molecular formula is C15H15N3O. The van der Waals surface area contributed by atoms with Gasteiger partial charge in [0, 0.05) is 17.6 Å². The molecule has 0 radical (unpaired) electrons. The SMILES string of the molecule is N#CC(COc1cccc2cccnc12)NC1CC1. The summed E-state index contributed by atoms with van der Waals surface area (Å²) in [6, 6.07) is 12.2. The van der Waals surface area contributed by atoms with Crippen LogP contribution in [-0.2, 0) is 0 Å². The molecule has 96 valence electrons. The molecule has 1 aromatic carbocycles. The van der Waals surface area contributed by atoms with Crippen molar-refractivity contribution in [3.63, 3.8) is 0 Å². The van der Waals surface area contributed by atoms with E-state index in [1.165, 1.54) is 0 Å². The van der Waals surface area contributed by atoms with E-state index in [0.29, 0.717) is 12.6 Å². The van der Waals surface area contributed by atoms with Crippen LogP contribution in [0.2, 0.25) is 0 Å². The Morgan fingerprint density at radius 1 is 1.37 bits per heavy atom. The fourth-order valence-electron chi connectivity index (χ4n) is 2.02. The van der Waals surface area contributed by atoms with Crippen LogP contribution in [0.15, 0.2) is 36.5 Å². The number of aromatic nitrogens is 1. The molecule has 4 nitrogen and oxygen atoms in total. The molecule has 0 amide bonds. The first-order valence-electron chi connectivity index (χ1n) is 6.49. The summed E-state index contributed by atoms with van der Waals surface area (Å²) in [6.45, 7) is 0.350. The second-order valence-corrected chi connectivity index (χ2v) is 4.76. The number of ether oxygens (including phenoxy) is 1. The second kappa shape index (κ2) is 5.25. The Bertz CT molecular complexity index is 611. The summed E-state index contributed by atoms with van der Waals surface area (Å²) in [5.41, 5.74) is 0.841. The second-order valence-electron chi connectivity index (χ2n) is 4.76. The highest BCUT2D eigenvalue weighted by atomic mass is 16.5. The van der Waals surface area contributed by atoms with Crippen molar-refractivity contribution in [2.24, 2.45) is 0 Å². The third-order valence-corrected chi connectivity index (χ3v) is 3.17. The van der Waals surface area contributed by atoms with Crippen molar-refractivity contribution in [2.75, 3.05) is 6.61 Å². The van der Waals surface area contributed by atoms with E-state index in [-0.39, 0.29) is 6.04 Å². The molecule has 0 bridgehead atoms. The monoisotopic (exact) mass is 253 g/mol. The van der Waals surface area contributed by atoms with Crippen LogP contribution in [0, 0.1) is 11.3 Å². The number of pyridine rings is 1. The number of para-hydroxylation sites is 1. The van der Waals surface area contributed by atoms with Gasteiger partial charge in [-0.25, -0.2) is 0 Å². The number of benzene rings is 1. The third kappa shape index (κ3) is 2.83. The van der Waals surface area contributed by atoms with Gasteiger partial charge in [0.2, 0.25) is 0 Å². The van der Waals surface area contributed by atoms with E-state index in [9.17, 15) is 0 Å². The molecule has 19 heavy (non-hydrogen) atoms. The van der Waals surface area contributed by atoms with Crippen LogP contribution < -0.4 is 10.1 Å². The van der Waals surface area contributed by atoms with Gasteiger partial charge < -0.3 is 4.74 Å². The minimum Gasteiger partial charge on any atom is -0.489 e. The van der Waals surface area contributed by atoms with Gasteiger partial charge in [-0.15, -0.1) is 0 Å². The van der Waals surface area contributed by atoms with Gasteiger partial charge in [0.1, 0.15) is 23.9 Å². The highest BCUT2D eigenvalue weighted by Gasteiger charge is 2.24. The molecule has 3 rings (SSSR count).